The Kier molecular flexibility index (Phi) is 5.99. The van der Waals surface area contributed by atoms with Gasteiger partial charge in [-0.3, -0.25) is 4.79 Å². The van der Waals surface area contributed by atoms with E-state index < -0.39 is 18.0 Å². The Bertz CT molecular complexity index is 697. The molecule has 0 unspecified atom stereocenters. The molecule has 0 aliphatic carbocycles. The quantitative estimate of drug-likeness (QED) is 0.664. The molecule has 25 heavy (non-hydrogen) atoms. The Hall–Kier alpha value is -3.03. The number of esters is 1. The van der Waals surface area contributed by atoms with Crippen molar-refractivity contribution in [2.45, 2.75) is 19.9 Å². The number of ether oxygens (including phenoxy) is 2. The molecule has 3 amide bonds. The van der Waals surface area contributed by atoms with Gasteiger partial charge >= 0.3 is 12.0 Å². The van der Waals surface area contributed by atoms with Gasteiger partial charge in [0.05, 0.1) is 23.9 Å². The van der Waals surface area contributed by atoms with Gasteiger partial charge in [0.1, 0.15) is 12.4 Å². The molecule has 0 aromatic heterocycles. The van der Waals surface area contributed by atoms with Crippen LogP contribution in [0.25, 0.3) is 0 Å². The third-order valence-electron chi connectivity index (χ3n) is 3.59. The van der Waals surface area contributed by atoms with Crippen LogP contribution in [0.15, 0.2) is 35.5 Å². The van der Waals surface area contributed by atoms with Gasteiger partial charge < -0.3 is 25.4 Å². The van der Waals surface area contributed by atoms with E-state index in [0.717, 1.165) is 0 Å². The van der Waals surface area contributed by atoms with Crippen LogP contribution in [0.4, 0.5) is 4.79 Å². The van der Waals surface area contributed by atoms with Crippen molar-refractivity contribution in [3.05, 3.63) is 41.1 Å². The van der Waals surface area contributed by atoms with Crippen molar-refractivity contribution < 1.29 is 23.9 Å². The highest BCUT2D eigenvalue weighted by Gasteiger charge is 2.29. The molecular weight excluding hydrogens is 326 g/mol. The van der Waals surface area contributed by atoms with Crippen molar-refractivity contribution in [3.8, 4) is 5.75 Å². The molecule has 0 radical (unpaired) electrons. The Morgan fingerprint density at radius 1 is 1.24 bits per heavy atom. The smallest absolute Gasteiger partial charge is 0.338 e. The molecule has 8 heteroatoms. The fraction of sp³-hybridized carbons (Fsp3) is 0.353. The number of amides is 3. The van der Waals surface area contributed by atoms with Gasteiger partial charge in [0, 0.05) is 12.6 Å². The first-order valence-electron chi connectivity index (χ1n) is 7.88. The van der Waals surface area contributed by atoms with Gasteiger partial charge in [0.15, 0.2) is 0 Å². The predicted molar refractivity (Wildman–Crippen MR) is 90.1 cm³/mol. The fourth-order valence-electron chi connectivity index (χ4n) is 2.40. The van der Waals surface area contributed by atoms with Crippen LogP contribution in [0.5, 0.6) is 5.75 Å². The van der Waals surface area contributed by atoms with E-state index in [2.05, 4.69) is 16.0 Å². The SMILES string of the molecule is CCOC(=O)C1=C(COc2ccc(C(=O)NC)cc2)NC(=O)N[C@@H]1C. The molecular formula is C17H21N3O5. The van der Waals surface area contributed by atoms with E-state index in [0.29, 0.717) is 22.6 Å². The Morgan fingerprint density at radius 2 is 1.92 bits per heavy atom. The number of carbonyl (C=O) groups excluding carboxylic acids is 3. The molecule has 134 valence electrons. The molecule has 0 saturated carbocycles. The second-order valence-electron chi connectivity index (χ2n) is 5.33. The maximum atomic E-state index is 12.1. The monoisotopic (exact) mass is 347 g/mol. The van der Waals surface area contributed by atoms with Crippen molar-refractivity contribution in [2.24, 2.45) is 0 Å². The van der Waals surface area contributed by atoms with Crippen LogP contribution >= 0.6 is 0 Å². The number of carbonyl (C=O) groups is 3. The highest BCUT2D eigenvalue weighted by molar-refractivity contribution is 5.95. The summed E-state index contributed by atoms with van der Waals surface area (Å²) in [5.41, 5.74) is 1.18. The zero-order valence-corrected chi connectivity index (χ0v) is 14.3. The van der Waals surface area contributed by atoms with Gasteiger partial charge in [0.2, 0.25) is 0 Å². The molecule has 1 heterocycles. The molecule has 0 fully saturated rings. The first kappa shape index (κ1) is 18.3. The lowest BCUT2D eigenvalue weighted by Crippen LogP contribution is -2.50. The molecule has 1 aliphatic heterocycles. The summed E-state index contributed by atoms with van der Waals surface area (Å²) in [6, 6.07) is 5.64. The van der Waals surface area contributed by atoms with Gasteiger partial charge in [-0.1, -0.05) is 0 Å². The van der Waals surface area contributed by atoms with E-state index in [9.17, 15) is 14.4 Å². The van der Waals surface area contributed by atoms with Crippen molar-refractivity contribution in [3.63, 3.8) is 0 Å². The van der Waals surface area contributed by atoms with Gasteiger partial charge in [-0.05, 0) is 38.1 Å². The van der Waals surface area contributed by atoms with Crippen molar-refractivity contribution in [1.82, 2.24) is 16.0 Å². The Labute approximate surface area is 145 Å². The van der Waals surface area contributed by atoms with E-state index in [1.54, 1.807) is 45.2 Å². The molecule has 0 spiro atoms. The van der Waals surface area contributed by atoms with Crippen LogP contribution in [0.1, 0.15) is 24.2 Å². The van der Waals surface area contributed by atoms with Gasteiger partial charge in [-0.25, -0.2) is 9.59 Å². The van der Waals surface area contributed by atoms with E-state index in [-0.39, 0.29) is 19.1 Å². The van der Waals surface area contributed by atoms with Gasteiger partial charge in [-0.2, -0.15) is 0 Å². The lowest BCUT2D eigenvalue weighted by atomic mass is 10.0. The first-order valence-corrected chi connectivity index (χ1v) is 7.88. The largest absolute Gasteiger partial charge is 0.487 e. The summed E-state index contributed by atoms with van der Waals surface area (Å²) >= 11 is 0. The number of hydrogen-bond donors (Lipinski definition) is 3. The number of urea groups is 1. The third kappa shape index (κ3) is 4.50. The lowest BCUT2D eigenvalue weighted by Gasteiger charge is -2.26. The molecule has 1 aromatic carbocycles. The van der Waals surface area contributed by atoms with E-state index in [1.807, 2.05) is 0 Å². The molecule has 0 bridgehead atoms. The summed E-state index contributed by atoms with van der Waals surface area (Å²) in [6.07, 6.45) is 0. The van der Waals surface area contributed by atoms with Crippen LogP contribution in [0, 0.1) is 0 Å². The van der Waals surface area contributed by atoms with Crippen LogP contribution < -0.4 is 20.7 Å². The van der Waals surface area contributed by atoms with Crippen molar-refractivity contribution in [2.75, 3.05) is 20.3 Å². The summed E-state index contributed by atoms with van der Waals surface area (Å²) in [7, 11) is 1.55. The van der Waals surface area contributed by atoms with E-state index in [4.69, 9.17) is 9.47 Å². The highest BCUT2D eigenvalue weighted by atomic mass is 16.5. The number of rotatable bonds is 6. The summed E-state index contributed by atoms with van der Waals surface area (Å²) < 4.78 is 10.7. The first-order chi connectivity index (χ1) is 12.0. The second-order valence-corrected chi connectivity index (χ2v) is 5.33. The molecule has 0 saturated heterocycles. The van der Waals surface area contributed by atoms with Crippen LogP contribution in [-0.2, 0) is 9.53 Å². The third-order valence-corrected chi connectivity index (χ3v) is 3.59. The lowest BCUT2D eigenvalue weighted by molar-refractivity contribution is -0.139. The fourth-order valence-corrected chi connectivity index (χ4v) is 2.40. The predicted octanol–water partition coefficient (Wildman–Crippen LogP) is 0.943. The van der Waals surface area contributed by atoms with E-state index >= 15 is 0 Å². The maximum Gasteiger partial charge on any atom is 0.338 e. The molecule has 3 N–H and O–H groups in total. The molecule has 1 aromatic rings. The zero-order chi connectivity index (χ0) is 18.4. The minimum atomic E-state index is -0.504. The van der Waals surface area contributed by atoms with Crippen molar-refractivity contribution >= 4 is 17.9 Å². The Balaban J connectivity index is 2.14. The molecule has 1 atom stereocenters. The second kappa shape index (κ2) is 8.18. The molecule has 8 nitrogen and oxygen atoms in total. The van der Waals surface area contributed by atoms with Crippen LogP contribution in [-0.4, -0.2) is 44.2 Å². The number of hydrogen-bond acceptors (Lipinski definition) is 5. The summed E-state index contributed by atoms with van der Waals surface area (Å²) in [5, 5.41) is 7.73. The zero-order valence-electron chi connectivity index (χ0n) is 14.3. The summed E-state index contributed by atoms with van der Waals surface area (Å²) in [6.45, 7) is 3.63. The van der Waals surface area contributed by atoms with E-state index in [1.165, 1.54) is 0 Å². The number of nitrogens with one attached hydrogen (secondary N) is 3. The molecule has 1 aliphatic rings. The summed E-state index contributed by atoms with van der Waals surface area (Å²) in [4.78, 5) is 35.3. The topological polar surface area (TPSA) is 106 Å². The van der Waals surface area contributed by atoms with Gasteiger partial charge in [-0.15, -0.1) is 0 Å². The number of benzene rings is 1. The van der Waals surface area contributed by atoms with Gasteiger partial charge in [0.25, 0.3) is 5.91 Å². The normalized spacial score (nSPS) is 16.6. The maximum absolute atomic E-state index is 12.1. The van der Waals surface area contributed by atoms with Crippen LogP contribution in [0.3, 0.4) is 0 Å². The standard InChI is InChI=1S/C17H21N3O5/c1-4-24-16(22)14-10(2)19-17(23)20-13(14)9-25-12-7-5-11(6-8-12)15(21)18-3/h5-8,10H,4,9H2,1-3H3,(H,18,21)(H2,19,20,23)/t10-/m1/s1. The average Bonchev–Trinajstić information content (AvgIpc) is 2.59. The van der Waals surface area contributed by atoms with Crippen molar-refractivity contribution in [1.29, 1.82) is 0 Å². The summed E-state index contributed by atoms with van der Waals surface area (Å²) in [5.74, 6) is -0.196. The van der Waals surface area contributed by atoms with Crippen LogP contribution in [0.2, 0.25) is 0 Å². The highest BCUT2D eigenvalue weighted by Crippen LogP contribution is 2.17. The Morgan fingerprint density at radius 3 is 2.52 bits per heavy atom. The average molecular weight is 347 g/mol. The minimum Gasteiger partial charge on any atom is -0.487 e. The minimum absolute atomic E-state index is 0.00870. The molecule has 2 rings (SSSR count).